The highest BCUT2D eigenvalue weighted by molar-refractivity contribution is 5.94. The minimum Gasteiger partial charge on any atom is -0.497 e. The van der Waals surface area contributed by atoms with Crippen molar-refractivity contribution in [3.63, 3.8) is 0 Å². The van der Waals surface area contributed by atoms with Crippen molar-refractivity contribution in [3.05, 3.63) is 58.9 Å². The number of aromatic carboxylic acids is 1. The molecule has 126 valence electrons. The lowest BCUT2D eigenvalue weighted by Crippen LogP contribution is -2.26. The maximum absolute atomic E-state index is 12.0. The fourth-order valence-electron chi connectivity index (χ4n) is 2.29. The van der Waals surface area contributed by atoms with E-state index in [-0.39, 0.29) is 17.2 Å². The fraction of sp³-hybridized carbons (Fsp3) is 0.278. The highest BCUT2D eigenvalue weighted by atomic mass is 16.5. The lowest BCUT2D eigenvalue weighted by Gasteiger charge is -2.07. The van der Waals surface area contributed by atoms with Gasteiger partial charge >= 0.3 is 5.97 Å². The van der Waals surface area contributed by atoms with Crippen LogP contribution in [0.2, 0.25) is 0 Å². The molecule has 1 aromatic heterocycles. The number of carbonyl (C=O) groups excluding carboxylic acids is 1. The van der Waals surface area contributed by atoms with Gasteiger partial charge in [-0.2, -0.15) is 0 Å². The summed E-state index contributed by atoms with van der Waals surface area (Å²) in [5, 5.41) is 11.8. The first-order valence-corrected chi connectivity index (χ1v) is 7.63. The summed E-state index contributed by atoms with van der Waals surface area (Å²) >= 11 is 0. The molecule has 0 saturated heterocycles. The number of carboxylic acids is 1. The molecule has 0 aliphatic heterocycles. The normalized spacial score (nSPS) is 10.2. The molecule has 2 N–H and O–H groups in total. The number of hydrogen-bond acceptors (Lipinski definition) is 4. The number of nitrogens with one attached hydrogen (secondary N) is 1. The summed E-state index contributed by atoms with van der Waals surface area (Å²) in [4.78, 5) is 27.0. The van der Waals surface area contributed by atoms with Crippen molar-refractivity contribution in [3.8, 4) is 5.75 Å². The maximum Gasteiger partial charge on any atom is 0.337 e. The number of carboxylic acid groups (broad SMARTS) is 1. The summed E-state index contributed by atoms with van der Waals surface area (Å²) in [6.07, 6.45) is 1.64. The van der Waals surface area contributed by atoms with Gasteiger partial charge in [0.1, 0.15) is 11.4 Å². The number of nitrogens with zero attached hydrogens (tertiary/aromatic N) is 1. The van der Waals surface area contributed by atoms with Gasteiger partial charge in [-0.05, 0) is 49.6 Å². The molecule has 0 atom stereocenters. The molecule has 0 spiro atoms. The molecular weight excluding hydrogens is 308 g/mol. The zero-order valence-corrected chi connectivity index (χ0v) is 13.7. The van der Waals surface area contributed by atoms with Crippen molar-refractivity contribution in [1.82, 2.24) is 10.3 Å². The smallest absolute Gasteiger partial charge is 0.337 e. The van der Waals surface area contributed by atoms with Crippen molar-refractivity contribution in [1.29, 1.82) is 0 Å². The third kappa shape index (κ3) is 4.55. The van der Waals surface area contributed by atoms with Gasteiger partial charge in [-0.1, -0.05) is 12.1 Å². The largest absolute Gasteiger partial charge is 0.497 e. The van der Waals surface area contributed by atoms with E-state index in [1.165, 1.54) is 17.7 Å². The Hall–Kier alpha value is -2.89. The Bertz CT molecular complexity index is 726. The average molecular weight is 328 g/mol. The minimum absolute atomic E-state index is 0.103. The van der Waals surface area contributed by atoms with Crippen LogP contribution in [0.3, 0.4) is 0 Å². The van der Waals surface area contributed by atoms with Crippen molar-refractivity contribution < 1.29 is 19.4 Å². The van der Waals surface area contributed by atoms with Gasteiger partial charge in [-0.25, -0.2) is 9.78 Å². The van der Waals surface area contributed by atoms with E-state index in [1.807, 2.05) is 24.3 Å². The number of aryl methyl sites for hydroxylation is 2. The van der Waals surface area contributed by atoms with Gasteiger partial charge in [0.2, 0.25) is 0 Å². The molecule has 0 aliphatic carbocycles. The molecule has 24 heavy (non-hydrogen) atoms. The molecule has 2 aromatic rings. The fourth-order valence-corrected chi connectivity index (χ4v) is 2.29. The molecule has 0 radical (unpaired) electrons. The highest BCUT2D eigenvalue weighted by Gasteiger charge is 2.12. The summed E-state index contributed by atoms with van der Waals surface area (Å²) in [6, 6.07) is 10.6. The van der Waals surface area contributed by atoms with Crippen LogP contribution in [0.15, 0.2) is 36.4 Å². The Morgan fingerprint density at radius 1 is 1.17 bits per heavy atom. The molecule has 0 saturated carbocycles. The van der Waals surface area contributed by atoms with Gasteiger partial charge in [0, 0.05) is 6.54 Å². The van der Waals surface area contributed by atoms with Crippen LogP contribution in [-0.4, -0.2) is 35.6 Å². The standard InChI is InChI=1S/C18H20N2O4/c1-12-15(18(22)23)9-10-16(20-12)17(21)19-11-3-4-13-5-7-14(24-2)8-6-13/h5-10H,3-4,11H2,1-2H3,(H,19,21)(H,22,23). The van der Waals surface area contributed by atoms with E-state index >= 15 is 0 Å². The lowest BCUT2D eigenvalue weighted by atomic mass is 10.1. The summed E-state index contributed by atoms with van der Waals surface area (Å²) in [5.74, 6) is -0.533. The Balaban J connectivity index is 1.82. The molecule has 2 rings (SSSR count). The van der Waals surface area contributed by atoms with Crippen molar-refractivity contribution in [2.45, 2.75) is 19.8 Å². The predicted octanol–water partition coefficient (Wildman–Crippen LogP) is 2.46. The van der Waals surface area contributed by atoms with E-state index in [1.54, 1.807) is 14.0 Å². The second kappa shape index (κ2) is 8.10. The number of methoxy groups -OCH3 is 1. The lowest BCUT2D eigenvalue weighted by molar-refractivity contribution is 0.0694. The molecule has 0 fully saturated rings. The topological polar surface area (TPSA) is 88.5 Å². The molecule has 6 heteroatoms. The molecule has 0 aliphatic rings. The molecule has 1 aromatic carbocycles. The Kier molecular flexibility index (Phi) is 5.89. The monoisotopic (exact) mass is 328 g/mol. The summed E-state index contributed by atoms with van der Waals surface area (Å²) in [6.45, 7) is 2.09. The van der Waals surface area contributed by atoms with Crippen LogP contribution in [0.5, 0.6) is 5.75 Å². The summed E-state index contributed by atoms with van der Waals surface area (Å²) in [7, 11) is 1.63. The van der Waals surface area contributed by atoms with Crippen molar-refractivity contribution in [2.24, 2.45) is 0 Å². The molecule has 0 bridgehead atoms. The van der Waals surface area contributed by atoms with E-state index < -0.39 is 5.97 Å². The molecule has 6 nitrogen and oxygen atoms in total. The number of pyridine rings is 1. The maximum atomic E-state index is 12.0. The SMILES string of the molecule is COc1ccc(CCCNC(=O)c2ccc(C(=O)O)c(C)n2)cc1. The number of ether oxygens (including phenoxy) is 1. The van der Waals surface area contributed by atoms with Gasteiger partial charge in [0.15, 0.2) is 0 Å². The number of carbonyl (C=O) groups is 2. The summed E-state index contributed by atoms with van der Waals surface area (Å²) < 4.78 is 5.11. The van der Waals surface area contributed by atoms with Crippen LogP contribution in [-0.2, 0) is 6.42 Å². The van der Waals surface area contributed by atoms with Gasteiger partial charge in [0.05, 0.1) is 18.4 Å². The zero-order valence-electron chi connectivity index (χ0n) is 13.7. The van der Waals surface area contributed by atoms with E-state index in [4.69, 9.17) is 9.84 Å². The Morgan fingerprint density at radius 3 is 2.46 bits per heavy atom. The molecule has 0 unspecified atom stereocenters. The van der Waals surface area contributed by atoms with E-state index in [0.29, 0.717) is 12.2 Å². The van der Waals surface area contributed by atoms with Crippen LogP contribution >= 0.6 is 0 Å². The second-order valence-electron chi connectivity index (χ2n) is 5.34. The second-order valence-corrected chi connectivity index (χ2v) is 5.34. The number of amides is 1. The number of benzene rings is 1. The van der Waals surface area contributed by atoms with Crippen LogP contribution < -0.4 is 10.1 Å². The van der Waals surface area contributed by atoms with Gasteiger partial charge in [-0.3, -0.25) is 4.79 Å². The van der Waals surface area contributed by atoms with Crippen molar-refractivity contribution in [2.75, 3.05) is 13.7 Å². The van der Waals surface area contributed by atoms with Crippen LogP contribution in [0.1, 0.15) is 38.5 Å². The van der Waals surface area contributed by atoms with Crippen molar-refractivity contribution >= 4 is 11.9 Å². The van der Waals surface area contributed by atoms with Crippen LogP contribution in [0, 0.1) is 6.92 Å². The first-order valence-electron chi connectivity index (χ1n) is 7.63. The van der Waals surface area contributed by atoms with E-state index in [9.17, 15) is 9.59 Å². The van der Waals surface area contributed by atoms with Gasteiger partial charge < -0.3 is 15.2 Å². The number of hydrogen-bond donors (Lipinski definition) is 2. The van der Waals surface area contributed by atoms with Crippen LogP contribution in [0.25, 0.3) is 0 Å². The van der Waals surface area contributed by atoms with Gasteiger partial charge in [0.25, 0.3) is 5.91 Å². The highest BCUT2D eigenvalue weighted by Crippen LogP contribution is 2.12. The van der Waals surface area contributed by atoms with E-state index in [0.717, 1.165) is 18.6 Å². The average Bonchev–Trinajstić information content (AvgIpc) is 2.58. The van der Waals surface area contributed by atoms with Crippen LogP contribution in [0.4, 0.5) is 0 Å². The van der Waals surface area contributed by atoms with Gasteiger partial charge in [-0.15, -0.1) is 0 Å². The van der Waals surface area contributed by atoms with E-state index in [2.05, 4.69) is 10.3 Å². The Morgan fingerprint density at radius 2 is 1.88 bits per heavy atom. The first-order chi connectivity index (χ1) is 11.5. The summed E-state index contributed by atoms with van der Waals surface area (Å²) in [5.41, 5.74) is 1.83. The predicted molar refractivity (Wildman–Crippen MR) is 89.6 cm³/mol. The third-order valence-corrected chi connectivity index (χ3v) is 3.64. The molecule has 1 heterocycles. The quantitative estimate of drug-likeness (QED) is 0.762. The first kappa shape index (κ1) is 17.5. The Labute approximate surface area is 140 Å². The molecule has 1 amide bonds. The number of aromatic nitrogens is 1. The zero-order chi connectivity index (χ0) is 17.5. The third-order valence-electron chi connectivity index (χ3n) is 3.64. The molecular formula is C18H20N2O4. The minimum atomic E-state index is -1.05. The number of rotatable bonds is 7.